The predicted octanol–water partition coefficient (Wildman–Crippen LogP) is 3.05. The van der Waals surface area contributed by atoms with E-state index in [4.69, 9.17) is 21.1 Å². The molecule has 2 rings (SSSR count). The van der Waals surface area contributed by atoms with Gasteiger partial charge in [0.2, 0.25) is 0 Å². The molecule has 0 bridgehead atoms. The number of alkyl halides is 1. The maximum Gasteiger partial charge on any atom is 0.122 e. The Hall–Kier alpha value is -1.29. The molecule has 1 heterocycles. The Morgan fingerprint density at radius 2 is 1.95 bits per heavy atom. The van der Waals surface area contributed by atoms with Crippen LogP contribution in [0.5, 0.6) is 0 Å². The third kappa shape index (κ3) is 4.39. The second kappa shape index (κ2) is 7.34. The van der Waals surface area contributed by atoms with Crippen molar-refractivity contribution in [2.45, 2.75) is 11.9 Å². The molecule has 3 nitrogen and oxygen atoms in total. The van der Waals surface area contributed by atoms with Crippen LogP contribution >= 0.6 is 11.6 Å². The topological polar surface area (TPSA) is 36.6 Å². The summed E-state index contributed by atoms with van der Waals surface area (Å²) in [7, 11) is 0. The number of halogens is 1. The first-order chi connectivity index (χ1) is 9.29. The molecule has 0 fully saturated rings. The fourth-order valence-corrected chi connectivity index (χ4v) is 2.32. The number of hydrogen-bond acceptors (Lipinski definition) is 3. The first-order valence-corrected chi connectivity index (χ1v) is 6.78. The molecule has 1 aromatic carbocycles. The molecule has 4 heteroatoms. The second-order valence-electron chi connectivity index (χ2n) is 4.43. The molecular formula is C15H18ClNO2. The van der Waals surface area contributed by atoms with E-state index in [0.29, 0.717) is 13.1 Å². The summed E-state index contributed by atoms with van der Waals surface area (Å²) in [5.41, 5.74) is 1.21. The van der Waals surface area contributed by atoms with Crippen molar-refractivity contribution in [3.8, 4) is 0 Å². The minimum atomic E-state index is -0.203. The van der Waals surface area contributed by atoms with Crippen molar-refractivity contribution in [2.24, 2.45) is 0 Å². The third-order valence-corrected chi connectivity index (χ3v) is 3.29. The van der Waals surface area contributed by atoms with Crippen LogP contribution in [0.15, 0.2) is 53.1 Å². The molecule has 0 amide bonds. The molecule has 2 aromatic rings. The Kier molecular flexibility index (Phi) is 5.45. The van der Waals surface area contributed by atoms with E-state index in [-0.39, 0.29) is 12.0 Å². The van der Waals surface area contributed by atoms with Gasteiger partial charge < -0.3 is 9.52 Å². The molecule has 19 heavy (non-hydrogen) atoms. The average molecular weight is 280 g/mol. The van der Waals surface area contributed by atoms with Gasteiger partial charge in [-0.1, -0.05) is 30.3 Å². The summed E-state index contributed by atoms with van der Waals surface area (Å²) >= 11 is 6.33. The fourth-order valence-electron chi connectivity index (χ4n) is 2.00. The van der Waals surface area contributed by atoms with Gasteiger partial charge >= 0.3 is 0 Å². The summed E-state index contributed by atoms with van der Waals surface area (Å²) in [6.07, 6.45) is 1.62. The van der Waals surface area contributed by atoms with Crippen molar-refractivity contribution in [1.29, 1.82) is 0 Å². The number of nitrogens with zero attached hydrogens (tertiary/aromatic N) is 1. The summed E-state index contributed by atoms with van der Waals surface area (Å²) in [4.78, 5) is 2.12. The van der Waals surface area contributed by atoms with Gasteiger partial charge in [0.1, 0.15) is 11.1 Å². The summed E-state index contributed by atoms with van der Waals surface area (Å²) in [6.45, 7) is 2.13. The molecule has 0 spiro atoms. The molecule has 1 atom stereocenters. The van der Waals surface area contributed by atoms with Crippen LogP contribution in [0.25, 0.3) is 0 Å². The lowest BCUT2D eigenvalue weighted by Crippen LogP contribution is -2.29. The Morgan fingerprint density at radius 3 is 2.58 bits per heavy atom. The van der Waals surface area contributed by atoms with Crippen LogP contribution < -0.4 is 0 Å². The number of aliphatic hydroxyl groups excluding tert-OH is 1. The third-order valence-electron chi connectivity index (χ3n) is 2.94. The molecule has 0 saturated carbocycles. The van der Waals surface area contributed by atoms with E-state index in [1.54, 1.807) is 6.26 Å². The standard InChI is InChI=1S/C15H18ClNO2/c16-14(15-7-4-10-19-15)12-17(8-9-18)11-13-5-2-1-3-6-13/h1-7,10,14,18H,8-9,11-12H2. The minimum absolute atomic E-state index is 0.120. The van der Waals surface area contributed by atoms with Gasteiger partial charge in [0, 0.05) is 19.6 Å². The first kappa shape index (κ1) is 14.1. The number of rotatable bonds is 7. The Morgan fingerprint density at radius 1 is 1.16 bits per heavy atom. The average Bonchev–Trinajstić information content (AvgIpc) is 2.94. The molecule has 0 aliphatic carbocycles. The highest BCUT2D eigenvalue weighted by Crippen LogP contribution is 2.22. The van der Waals surface area contributed by atoms with Crippen molar-refractivity contribution < 1.29 is 9.52 Å². The van der Waals surface area contributed by atoms with Crippen LogP contribution in [0.4, 0.5) is 0 Å². The van der Waals surface area contributed by atoms with Gasteiger partial charge in [-0.3, -0.25) is 4.90 Å². The quantitative estimate of drug-likeness (QED) is 0.792. The maximum atomic E-state index is 9.15. The minimum Gasteiger partial charge on any atom is -0.468 e. The van der Waals surface area contributed by atoms with Gasteiger partial charge in [-0.15, -0.1) is 11.6 Å². The lowest BCUT2D eigenvalue weighted by Gasteiger charge is -2.23. The SMILES string of the molecule is OCCN(Cc1ccccc1)CC(Cl)c1ccco1. The fraction of sp³-hybridized carbons (Fsp3) is 0.333. The maximum absolute atomic E-state index is 9.15. The molecule has 1 N–H and O–H groups in total. The summed E-state index contributed by atoms with van der Waals surface area (Å²) in [5, 5.41) is 8.95. The monoisotopic (exact) mass is 279 g/mol. The smallest absolute Gasteiger partial charge is 0.122 e. The molecule has 102 valence electrons. The van der Waals surface area contributed by atoms with Crippen LogP contribution in [0.3, 0.4) is 0 Å². The van der Waals surface area contributed by atoms with E-state index in [1.165, 1.54) is 5.56 Å². The number of aliphatic hydroxyl groups is 1. The van der Waals surface area contributed by atoms with Crippen molar-refractivity contribution in [1.82, 2.24) is 4.90 Å². The van der Waals surface area contributed by atoms with E-state index in [9.17, 15) is 0 Å². The molecule has 0 aliphatic rings. The van der Waals surface area contributed by atoms with E-state index < -0.39 is 0 Å². The highest BCUT2D eigenvalue weighted by molar-refractivity contribution is 6.20. The van der Waals surface area contributed by atoms with Crippen LogP contribution in [-0.4, -0.2) is 29.7 Å². The van der Waals surface area contributed by atoms with Crippen molar-refractivity contribution >= 4 is 11.6 Å². The van der Waals surface area contributed by atoms with Gasteiger partial charge in [-0.05, 0) is 17.7 Å². The Labute approximate surface area is 118 Å². The molecule has 0 radical (unpaired) electrons. The van der Waals surface area contributed by atoms with Gasteiger partial charge in [0.15, 0.2) is 0 Å². The summed E-state index contributed by atoms with van der Waals surface area (Å²) in [5.74, 6) is 0.762. The van der Waals surface area contributed by atoms with Gasteiger partial charge in [0.05, 0.1) is 12.9 Å². The first-order valence-electron chi connectivity index (χ1n) is 6.34. The molecule has 0 saturated heterocycles. The highest BCUT2D eigenvalue weighted by atomic mass is 35.5. The van der Waals surface area contributed by atoms with Crippen LogP contribution in [-0.2, 0) is 6.54 Å². The van der Waals surface area contributed by atoms with Crippen molar-refractivity contribution in [3.05, 3.63) is 60.1 Å². The summed E-state index contributed by atoms with van der Waals surface area (Å²) in [6, 6.07) is 13.9. The zero-order valence-corrected chi connectivity index (χ0v) is 11.5. The van der Waals surface area contributed by atoms with Crippen molar-refractivity contribution in [2.75, 3.05) is 19.7 Å². The molecule has 0 aliphatic heterocycles. The van der Waals surface area contributed by atoms with Crippen LogP contribution in [0.2, 0.25) is 0 Å². The van der Waals surface area contributed by atoms with Gasteiger partial charge in [-0.2, -0.15) is 0 Å². The molecule has 1 aromatic heterocycles. The van der Waals surface area contributed by atoms with Crippen LogP contribution in [0.1, 0.15) is 16.7 Å². The Bertz CT molecular complexity index is 458. The van der Waals surface area contributed by atoms with E-state index in [1.807, 2.05) is 30.3 Å². The van der Waals surface area contributed by atoms with Gasteiger partial charge in [-0.25, -0.2) is 0 Å². The molecular weight excluding hydrogens is 262 g/mol. The lowest BCUT2D eigenvalue weighted by atomic mass is 10.2. The number of furan rings is 1. The predicted molar refractivity (Wildman–Crippen MR) is 76.1 cm³/mol. The van der Waals surface area contributed by atoms with E-state index in [0.717, 1.165) is 12.3 Å². The lowest BCUT2D eigenvalue weighted by molar-refractivity contribution is 0.187. The van der Waals surface area contributed by atoms with E-state index >= 15 is 0 Å². The summed E-state index contributed by atoms with van der Waals surface area (Å²) < 4.78 is 5.30. The number of hydrogen-bond donors (Lipinski definition) is 1. The molecule has 1 unspecified atom stereocenters. The number of benzene rings is 1. The largest absolute Gasteiger partial charge is 0.468 e. The zero-order chi connectivity index (χ0) is 13.5. The van der Waals surface area contributed by atoms with Crippen LogP contribution in [0, 0.1) is 0 Å². The Balaban J connectivity index is 1.96. The normalized spacial score (nSPS) is 12.8. The zero-order valence-electron chi connectivity index (χ0n) is 10.7. The second-order valence-corrected chi connectivity index (χ2v) is 4.95. The van der Waals surface area contributed by atoms with Crippen molar-refractivity contribution in [3.63, 3.8) is 0 Å². The van der Waals surface area contributed by atoms with E-state index in [2.05, 4.69) is 17.0 Å². The highest BCUT2D eigenvalue weighted by Gasteiger charge is 2.15. The van der Waals surface area contributed by atoms with Gasteiger partial charge in [0.25, 0.3) is 0 Å².